The highest BCUT2D eigenvalue weighted by Crippen LogP contribution is 1.99. The highest BCUT2D eigenvalue weighted by atomic mass is 15.1. The highest BCUT2D eigenvalue weighted by Gasteiger charge is 1.95. The van der Waals surface area contributed by atoms with Crippen LogP contribution in [0.25, 0.3) is 0 Å². The van der Waals surface area contributed by atoms with E-state index in [9.17, 15) is 0 Å². The van der Waals surface area contributed by atoms with Crippen LogP contribution >= 0.6 is 0 Å². The standard InChI is InChI=1S/C11H15N5/c1-10-3-5-14-11(15-10)13-4-2-7-16-8-6-12-9-16/h3,5-6,8-9H,2,4,7H2,1H3,(H,13,14,15). The Morgan fingerprint density at radius 3 is 3.06 bits per heavy atom. The molecule has 0 atom stereocenters. The van der Waals surface area contributed by atoms with Crippen LogP contribution in [0, 0.1) is 6.92 Å². The number of nitrogens with one attached hydrogen (secondary N) is 1. The first-order valence-corrected chi connectivity index (χ1v) is 5.34. The zero-order valence-corrected chi connectivity index (χ0v) is 9.30. The van der Waals surface area contributed by atoms with Crippen molar-refractivity contribution in [2.45, 2.75) is 19.9 Å². The van der Waals surface area contributed by atoms with Gasteiger partial charge in [0.05, 0.1) is 6.33 Å². The number of imidazole rings is 1. The summed E-state index contributed by atoms with van der Waals surface area (Å²) in [5.41, 5.74) is 0.979. The SMILES string of the molecule is Cc1ccnc(NCCCn2ccnc2)n1. The van der Waals surface area contributed by atoms with Crippen molar-refractivity contribution >= 4 is 5.95 Å². The van der Waals surface area contributed by atoms with Gasteiger partial charge in [-0.05, 0) is 19.4 Å². The average Bonchev–Trinajstić information content (AvgIpc) is 2.77. The zero-order valence-electron chi connectivity index (χ0n) is 9.30. The second kappa shape index (κ2) is 5.25. The van der Waals surface area contributed by atoms with E-state index < -0.39 is 0 Å². The summed E-state index contributed by atoms with van der Waals surface area (Å²) in [6.45, 7) is 3.78. The molecule has 0 bridgehead atoms. The molecule has 0 aromatic carbocycles. The Morgan fingerprint density at radius 2 is 2.31 bits per heavy atom. The molecule has 0 spiro atoms. The molecule has 0 fully saturated rings. The number of hydrogen-bond acceptors (Lipinski definition) is 4. The zero-order chi connectivity index (χ0) is 11.2. The predicted molar refractivity (Wildman–Crippen MR) is 62.1 cm³/mol. The molecule has 5 nitrogen and oxygen atoms in total. The summed E-state index contributed by atoms with van der Waals surface area (Å²) >= 11 is 0. The molecule has 2 heterocycles. The van der Waals surface area contributed by atoms with Crippen molar-refractivity contribution in [2.24, 2.45) is 0 Å². The van der Waals surface area contributed by atoms with Crippen molar-refractivity contribution in [2.75, 3.05) is 11.9 Å². The van der Waals surface area contributed by atoms with Crippen LogP contribution in [0.3, 0.4) is 0 Å². The molecular formula is C11H15N5. The Bertz CT molecular complexity index is 424. The molecule has 2 aromatic heterocycles. The molecule has 0 amide bonds. The van der Waals surface area contributed by atoms with Gasteiger partial charge >= 0.3 is 0 Å². The Kier molecular flexibility index (Phi) is 3.48. The molecule has 0 unspecified atom stereocenters. The van der Waals surface area contributed by atoms with E-state index in [0.29, 0.717) is 5.95 Å². The minimum Gasteiger partial charge on any atom is -0.354 e. The first-order chi connectivity index (χ1) is 7.84. The van der Waals surface area contributed by atoms with E-state index in [1.807, 2.05) is 25.5 Å². The average molecular weight is 217 g/mol. The monoisotopic (exact) mass is 217 g/mol. The summed E-state index contributed by atoms with van der Waals surface area (Å²) in [6.07, 6.45) is 8.36. The molecule has 0 radical (unpaired) electrons. The van der Waals surface area contributed by atoms with Crippen LogP contribution in [0.4, 0.5) is 5.95 Å². The molecular weight excluding hydrogens is 202 g/mol. The van der Waals surface area contributed by atoms with Crippen molar-refractivity contribution in [1.29, 1.82) is 0 Å². The highest BCUT2D eigenvalue weighted by molar-refractivity contribution is 5.24. The lowest BCUT2D eigenvalue weighted by molar-refractivity contribution is 0.659. The van der Waals surface area contributed by atoms with Gasteiger partial charge in [-0.1, -0.05) is 0 Å². The first kappa shape index (κ1) is 10.6. The normalized spacial score (nSPS) is 10.3. The summed E-state index contributed by atoms with van der Waals surface area (Å²) < 4.78 is 2.05. The topological polar surface area (TPSA) is 55.6 Å². The van der Waals surface area contributed by atoms with E-state index in [1.165, 1.54) is 0 Å². The van der Waals surface area contributed by atoms with Crippen LogP contribution < -0.4 is 5.32 Å². The van der Waals surface area contributed by atoms with Crippen LogP contribution in [0.2, 0.25) is 0 Å². The van der Waals surface area contributed by atoms with Gasteiger partial charge in [0.2, 0.25) is 5.95 Å². The van der Waals surface area contributed by atoms with E-state index in [2.05, 4.69) is 24.8 Å². The van der Waals surface area contributed by atoms with Crippen LogP contribution in [0.5, 0.6) is 0 Å². The maximum Gasteiger partial charge on any atom is 0.222 e. The number of anilines is 1. The van der Waals surface area contributed by atoms with Crippen molar-refractivity contribution in [3.8, 4) is 0 Å². The molecule has 1 N–H and O–H groups in total. The predicted octanol–water partition coefficient (Wildman–Crippen LogP) is 1.48. The first-order valence-electron chi connectivity index (χ1n) is 5.34. The smallest absolute Gasteiger partial charge is 0.222 e. The molecule has 2 rings (SSSR count). The minimum absolute atomic E-state index is 0.700. The maximum absolute atomic E-state index is 4.27. The van der Waals surface area contributed by atoms with Crippen LogP contribution in [-0.4, -0.2) is 26.1 Å². The minimum atomic E-state index is 0.700. The Labute approximate surface area is 94.6 Å². The van der Waals surface area contributed by atoms with Crippen LogP contribution in [0.15, 0.2) is 31.0 Å². The lowest BCUT2D eigenvalue weighted by Crippen LogP contribution is -2.08. The molecule has 2 aromatic rings. The Balaban J connectivity index is 1.72. The van der Waals surface area contributed by atoms with E-state index in [-0.39, 0.29) is 0 Å². The van der Waals surface area contributed by atoms with Crippen molar-refractivity contribution < 1.29 is 0 Å². The lowest BCUT2D eigenvalue weighted by Gasteiger charge is -2.05. The van der Waals surface area contributed by atoms with Gasteiger partial charge in [0, 0.05) is 37.4 Å². The lowest BCUT2D eigenvalue weighted by atomic mass is 10.4. The molecule has 0 saturated heterocycles. The number of nitrogens with zero attached hydrogens (tertiary/aromatic N) is 4. The largest absolute Gasteiger partial charge is 0.354 e. The third-order valence-corrected chi connectivity index (χ3v) is 2.23. The van der Waals surface area contributed by atoms with E-state index in [1.54, 1.807) is 12.4 Å². The van der Waals surface area contributed by atoms with Crippen molar-refractivity contribution in [3.63, 3.8) is 0 Å². The second-order valence-electron chi connectivity index (χ2n) is 3.60. The molecule has 0 saturated carbocycles. The number of hydrogen-bond donors (Lipinski definition) is 1. The fourth-order valence-corrected chi connectivity index (χ4v) is 1.41. The summed E-state index contributed by atoms with van der Waals surface area (Å²) in [7, 11) is 0. The summed E-state index contributed by atoms with van der Waals surface area (Å²) in [5.74, 6) is 0.700. The van der Waals surface area contributed by atoms with Crippen LogP contribution in [0.1, 0.15) is 12.1 Å². The summed E-state index contributed by atoms with van der Waals surface area (Å²) in [5, 5.41) is 3.19. The van der Waals surface area contributed by atoms with Gasteiger partial charge in [-0.25, -0.2) is 15.0 Å². The number of rotatable bonds is 5. The fraction of sp³-hybridized carbons (Fsp3) is 0.364. The van der Waals surface area contributed by atoms with Gasteiger partial charge in [0.25, 0.3) is 0 Å². The quantitative estimate of drug-likeness (QED) is 0.771. The molecule has 5 heteroatoms. The molecule has 16 heavy (non-hydrogen) atoms. The third-order valence-electron chi connectivity index (χ3n) is 2.23. The van der Waals surface area contributed by atoms with E-state index in [0.717, 1.165) is 25.2 Å². The summed E-state index contributed by atoms with van der Waals surface area (Å²) in [4.78, 5) is 12.4. The molecule has 84 valence electrons. The van der Waals surface area contributed by atoms with Gasteiger partial charge in [-0.15, -0.1) is 0 Å². The number of aryl methyl sites for hydroxylation is 2. The van der Waals surface area contributed by atoms with Gasteiger partial charge in [-0.2, -0.15) is 0 Å². The van der Waals surface area contributed by atoms with E-state index in [4.69, 9.17) is 0 Å². The van der Waals surface area contributed by atoms with Gasteiger partial charge in [0.1, 0.15) is 0 Å². The molecule has 0 aliphatic rings. The van der Waals surface area contributed by atoms with Crippen molar-refractivity contribution in [3.05, 3.63) is 36.7 Å². The van der Waals surface area contributed by atoms with Crippen LogP contribution in [-0.2, 0) is 6.54 Å². The van der Waals surface area contributed by atoms with Gasteiger partial charge < -0.3 is 9.88 Å². The van der Waals surface area contributed by atoms with Gasteiger partial charge in [0.15, 0.2) is 0 Å². The molecule has 0 aliphatic heterocycles. The number of aromatic nitrogens is 4. The third kappa shape index (κ3) is 3.05. The molecule has 0 aliphatic carbocycles. The van der Waals surface area contributed by atoms with Gasteiger partial charge in [-0.3, -0.25) is 0 Å². The Hall–Kier alpha value is -1.91. The van der Waals surface area contributed by atoms with E-state index >= 15 is 0 Å². The maximum atomic E-state index is 4.27. The second-order valence-corrected chi connectivity index (χ2v) is 3.60. The summed E-state index contributed by atoms with van der Waals surface area (Å²) in [6, 6.07) is 1.89. The Morgan fingerprint density at radius 1 is 1.38 bits per heavy atom. The fourth-order valence-electron chi connectivity index (χ4n) is 1.41. The van der Waals surface area contributed by atoms with Crippen molar-refractivity contribution in [1.82, 2.24) is 19.5 Å².